The summed E-state index contributed by atoms with van der Waals surface area (Å²) in [5.74, 6) is 0.0905. The highest BCUT2D eigenvalue weighted by Gasteiger charge is 2.15. The summed E-state index contributed by atoms with van der Waals surface area (Å²) in [4.78, 5) is 34.0. The first-order valence-corrected chi connectivity index (χ1v) is 8.27. The molecule has 10 heteroatoms. The van der Waals surface area contributed by atoms with Crippen LogP contribution in [0.4, 0.5) is 5.69 Å². The van der Waals surface area contributed by atoms with Crippen LogP contribution in [-0.4, -0.2) is 42.7 Å². The molecule has 0 saturated carbocycles. The minimum absolute atomic E-state index is 0.0389. The molecule has 0 fully saturated rings. The first kappa shape index (κ1) is 18.8. The first-order valence-electron chi connectivity index (χ1n) is 8.27. The van der Waals surface area contributed by atoms with Gasteiger partial charge in [0.15, 0.2) is 11.5 Å². The van der Waals surface area contributed by atoms with Gasteiger partial charge in [-0.2, -0.15) is 5.10 Å². The number of carbonyl (C=O) groups is 2. The maximum Gasteiger partial charge on any atom is 0.269 e. The van der Waals surface area contributed by atoms with Gasteiger partial charge < -0.3 is 14.8 Å². The fourth-order valence-corrected chi connectivity index (χ4v) is 2.35. The van der Waals surface area contributed by atoms with Crippen LogP contribution in [0.1, 0.15) is 15.9 Å². The van der Waals surface area contributed by atoms with Crippen molar-refractivity contribution < 1.29 is 24.0 Å². The van der Waals surface area contributed by atoms with Gasteiger partial charge in [0.05, 0.1) is 17.7 Å². The van der Waals surface area contributed by atoms with E-state index in [1.54, 1.807) is 18.2 Å². The van der Waals surface area contributed by atoms with E-state index in [0.717, 1.165) is 0 Å². The molecular formula is C18H16N4O6. The maximum atomic E-state index is 12.1. The molecule has 144 valence electrons. The Labute approximate surface area is 159 Å². The highest BCUT2D eigenvalue weighted by Crippen LogP contribution is 2.30. The smallest absolute Gasteiger partial charge is 0.269 e. The third kappa shape index (κ3) is 4.81. The number of nitro benzene ring substituents is 1. The van der Waals surface area contributed by atoms with Gasteiger partial charge in [-0.1, -0.05) is 0 Å². The molecule has 0 bridgehead atoms. The Morgan fingerprint density at radius 1 is 1.11 bits per heavy atom. The van der Waals surface area contributed by atoms with E-state index in [1.165, 1.54) is 30.5 Å². The zero-order chi connectivity index (χ0) is 19.9. The lowest BCUT2D eigenvalue weighted by Crippen LogP contribution is -2.35. The van der Waals surface area contributed by atoms with Crippen LogP contribution in [0.15, 0.2) is 47.6 Å². The lowest BCUT2D eigenvalue weighted by Gasteiger charge is -2.18. The Kier molecular flexibility index (Phi) is 5.80. The summed E-state index contributed by atoms with van der Waals surface area (Å²) in [5.41, 5.74) is 3.14. The Morgan fingerprint density at radius 2 is 1.82 bits per heavy atom. The first-order chi connectivity index (χ1) is 13.5. The molecule has 2 aromatic rings. The van der Waals surface area contributed by atoms with Crippen LogP contribution in [0.2, 0.25) is 0 Å². The number of nitrogens with zero attached hydrogens (tertiary/aromatic N) is 2. The van der Waals surface area contributed by atoms with E-state index in [0.29, 0.717) is 35.8 Å². The van der Waals surface area contributed by atoms with Crippen molar-refractivity contribution in [2.75, 3.05) is 19.8 Å². The Hall–Kier alpha value is -3.95. The quantitative estimate of drug-likeness (QED) is 0.438. The molecule has 0 spiro atoms. The van der Waals surface area contributed by atoms with Gasteiger partial charge in [0, 0.05) is 17.7 Å². The van der Waals surface area contributed by atoms with E-state index in [2.05, 4.69) is 15.8 Å². The largest absolute Gasteiger partial charge is 0.486 e. The molecule has 1 aliphatic heterocycles. The van der Waals surface area contributed by atoms with Gasteiger partial charge in [-0.05, 0) is 35.9 Å². The summed E-state index contributed by atoms with van der Waals surface area (Å²) in [6.07, 6.45) is 1.34. The average molecular weight is 384 g/mol. The van der Waals surface area contributed by atoms with Crippen molar-refractivity contribution in [3.63, 3.8) is 0 Å². The van der Waals surface area contributed by atoms with Crippen molar-refractivity contribution in [3.8, 4) is 11.5 Å². The van der Waals surface area contributed by atoms with Gasteiger partial charge in [-0.3, -0.25) is 19.7 Å². The standard InChI is InChI=1S/C18H16N4O6/c23-17(21-20-10-12-1-4-14(5-2-12)22(25)26)11-19-18(24)13-3-6-15-16(9-13)28-8-7-27-15/h1-6,9-10H,7-8,11H2,(H,19,24)(H,21,23)/b20-10+. The van der Waals surface area contributed by atoms with Crippen LogP contribution in [0.25, 0.3) is 0 Å². The Morgan fingerprint density at radius 3 is 2.54 bits per heavy atom. The van der Waals surface area contributed by atoms with Crippen molar-refractivity contribution in [2.45, 2.75) is 0 Å². The van der Waals surface area contributed by atoms with Gasteiger partial charge in [0.25, 0.3) is 17.5 Å². The van der Waals surface area contributed by atoms with Crippen molar-refractivity contribution in [1.29, 1.82) is 0 Å². The number of nitrogens with one attached hydrogen (secondary N) is 2. The van der Waals surface area contributed by atoms with Crippen molar-refractivity contribution >= 4 is 23.7 Å². The monoisotopic (exact) mass is 384 g/mol. The zero-order valence-electron chi connectivity index (χ0n) is 14.6. The van der Waals surface area contributed by atoms with E-state index >= 15 is 0 Å². The normalized spacial score (nSPS) is 12.4. The van der Waals surface area contributed by atoms with Gasteiger partial charge in [-0.15, -0.1) is 0 Å². The summed E-state index contributed by atoms with van der Waals surface area (Å²) in [7, 11) is 0. The number of nitro groups is 1. The van der Waals surface area contributed by atoms with E-state index < -0.39 is 16.7 Å². The molecule has 0 aliphatic carbocycles. The summed E-state index contributed by atoms with van der Waals surface area (Å²) in [6.45, 7) is 0.594. The fraction of sp³-hybridized carbons (Fsp3) is 0.167. The van der Waals surface area contributed by atoms with E-state index in [-0.39, 0.29) is 12.2 Å². The highest BCUT2D eigenvalue weighted by molar-refractivity contribution is 5.97. The minimum atomic E-state index is -0.524. The number of ether oxygens (including phenoxy) is 2. The van der Waals surface area contributed by atoms with Crippen LogP contribution in [-0.2, 0) is 4.79 Å². The SMILES string of the molecule is O=C(CNC(=O)c1ccc2c(c1)OCCO2)N/N=C/c1ccc([N+](=O)[O-])cc1. The Bertz CT molecular complexity index is 926. The number of fused-ring (bicyclic) bond motifs is 1. The number of carbonyl (C=O) groups excluding carboxylic acids is 2. The average Bonchev–Trinajstić information content (AvgIpc) is 2.72. The number of benzene rings is 2. The second kappa shape index (κ2) is 8.62. The van der Waals surface area contributed by atoms with Crippen molar-refractivity contribution in [2.24, 2.45) is 5.10 Å². The number of rotatable bonds is 6. The lowest BCUT2D eigenvalue weighted by molar-refractivity contribution is -0.384. The van der Waals surface area contributed by atoms with Crippen LogP contribution < -0.4 is 20.2 Å². The van der Waals surface area contributed by atoms with Crippen LogP contribution >= 0.6 is 0 Å². The van der Waals surface area contributed by atoms with Crippen LogP contribution in [0, 0.1) is 10.1 Å². The van der Waals surface area contributed by atoms with E-state index in [1.807, 2.05) is 0 Å². The third-order valence-electron chi connectivity index (χ3n) is 3.72. The summed E-state index contributed by atoms with van der Waals surface area (Å²) >= 11 is 0. The summed E-state index contributed by atoms with van der Waals surface area (Å²) in [6, 6.07) is 10.4. The zero-order valence-corrected chi connectivity index (χ0v) is 14.6. The molecule has 3 rings (SSSR count). The van der Waals surface area contributed by atoms with Crippen molar-refractivity contribution in [1.82, 2.24) is 10.7 Å². The predicted octanol–water partition coefficient (Wildman–Crippen LogP) is 1.25. The van der Waals surface area contributed by atoms with Gasteiger partial charge in [-0.25, -0.2) is 5.43 Å². The second-order valence-electron chi connectivity index (χ2n) is 5.68. The molecule has 0 radical (unpaired) electrons. The number of hydrogen-bond donors (Lipinski definition) is 2. The second-order valence-corrected chi connectivity index (χ2v) is 5.68. The van der Waals surface area contributed by atoms with E-state index in [9.17, 15) is 19.7 Å². The number of non-ortho nitro benzene ring substituents is 1. The predicted molar refractivity (Wildman–Crippen MR) is 98.6 cm³/mol. The van der Waals surface area contributed by atoms with Gasteiger partial charge in [0.1, 0.15) is 13.2 Å². The molecule has 1 aliphatic rings. The van der Waals surface area contributed by atoms with Crippen LogP contribution in [0.3, 0.4) is 0 Å². The molecule has 2 N–H and O–H groups in total. The maximum absolute atomic E-state index is 12.1. The summed E-state index contributed by atoms with van der Waals surface area (Å²) in [5, 5.41) is 16.8. The van der Waals surface area contributed by atoms with Gasteiger partial charge >= 0.3 is 0 Å². The molecular weight excluding hydrogens is 368 g/mol. The molecule has 1 heterocycles. The molecule has 0 atom stereocenters. The third-order valence-corrected chi connectivity index (χ3v) is 3.72. The highest BCUT2D eigenvalue weighted by atomic mass is 16.6. The summed E-state index contributed by atoms with van der Waals surface area (Å²) < 4.78 is 10.8. The van der Waals surface area contributed by atoms with Gasteiger partial charge in [0.2, 0.25) is 0 Å². The van der Waals surface area contributed by atoms with Crippen LogP contribution in [0.5, 0.6) is 11.5 Å². The molecule has 10 nitrogen and oxygen atoms in total. The topological polar surface area (TPSA) is 132 Å². The molecule has 28 heavy (non-hydrogen) atoms. The molecule has 0 unspecified atom stereocenters. The Balaban J connectivity index is 1.47. The molecule has 0 aromatic heterocycles. The van der Waals surface area contributed by atoms with Crippen molar-refractivity contribution in [3.05, 3.63) is 63.7 Å². The molecule has 2 aromatic carbocycles. The fourth-order valence-electron chi connectivity index (χ4n) is 2.35. The lowest BCUT2D eigenvalue weighted by atomic mass is 10.2. The van der Waals surface area contributed by atoms with E-state index in [4.69, 9.17) is 9.47 Å². The number of hydrazone groups is 1. The number of hydrogen-bond acceptors (Lipinski definition) is 7. The number of amides is 2. The molecule has 2 amide bonds. The molecule has 0 saturated heterocycles. The minimum Gasteiger partial charge on any atom is -0.486 e.